The van der Waals surface area contributed by atoms with Gasteiger partial charge in [-0.1, -0.05) is 24.3 Å². The average molecular weight is 288 g/mol. The van der Waals surface area contributed by atoms with Crippen molar-refractivity contribution in [1.29, 1.82) is 0 Å². The number of nitrogens with zero attached hydrogens (tertiary/aromatic N) is 2. The fraction of sp³-hybridized carbons (Fsp3) is 0.143. The predicted octanol–water partition coefficient (Wildman–Crippen LogP) is 3.27. The first-order valence-electron chi connectivity index (χ1n) is 5.91. The van der Waals surface area contributed by atoms with E-state index in [4.69, 9.17) is 0 Å². The number of hydrogen-bond donors (Lipinski definition) is 0. The van der Waals surface area contributed by atoms with Crippen molar-refractivity contribution < 1.29 is 9.72 Å². The molecule has 0 bridgehead atoms. The van der Waals surface area contributed by atoms with Gasteiger partial charge in [0.05, 0.1) is 11.8 Å². The smallest absolute Gasteiger partial charge is 0.238 e. The van der Waals surface area contributed by atoms with E-state index in [0.717, 1.165) is 5.56 Å². The number of hydrogen-bond acceptors (Lipinski definition) is 5. The topological polar surface area (TPSA) is 72.6 Å². The van der Waals surface area contributed by atoms with Gasteiger partial charge in [0.15, 0.2) is 5.78 Å². The standard InChI is InChI=1S/C14H12N2O3S/c1-10-4-2-3-5-11(10)13(17)12-6-9-20-14(12)15-7-8-16(18)19/h2-7,9H,8H2,1H3. The molecule has 6 heteroatoms. The zero-order valence-corrected chi connectivity index (χ0v) is 11.6. The molecule has 102 valence electrons. The summed E-state index contributed by atoms with van der Waals surface area (Å²) >= 11 is 1.29. The van der Waals surface area contributed by atoms with E-state index in [0.29, 0.717) is 16.1 Å². The van der Waals surface area contributed by atoms with Crippen LogP contribution in [-0.4, -0.2) is 23.5 Å². The lowest BCUT2D eigenvalue weighted by molar-refractivity contribution is -0.462. The van der Waals surface area contributed by atoms with Gasteiger partial charge in [-0.05, 0) is 23.9 Å². The Morgan fingerprint density at radius 2 is 2.10 bits per heavy atom. The molecule has 1 aromatic heterocycles. The highest BCUT2D eigenvalue weighted by molar-refractivity contribution is 7.14. The van der Waals surface area contributed by atoms with Crippen molar-refractivity contribution in [1.82, 2.24) is 0 Å². The zero-order valence-electron chi connectivity index (χ0n) is 10.8. The summed E-state index contributed by atoms with van der Waals surface area (Å²) in [5.41, 5.74) is 1.99. The van der Waals surface area contributed by atoms with Crippen molar-refractivity contribution >= 4 is 28.3 Å². The Morgan fingerprint density at radius 3 is 2.80 bits per heavy atom. The van der Waals surface area contributed by atoms with E-state index in [1.54, 1.807) is 17.5 Å². The molecule has 0 amide bonds. The molecular weight excluding hydrogens is 276 g/mol. The van der Waals surface area contributed by atoms with Crippen LogP contribution in [0.15, 0.2) is 40.7 Å². The highest BCUT2D eigenvalue weighted by Gasteiger charge is 2.16. The molecule has 2 rings (SSSR count). The van der Waals surface area contributed by atoms with E-state index in [1.165, 1.54) is 17.6 Å². The fourth-order valence-corrected chi connectivity index (χ4v) is 2.49. The van der Waals surface area contributed by atoms with Crippen LogP contribution < -0.4 is 0 Å². The molecule has 0 aliphatic rings. The van der Waals surface area contributed by atoms with Crippen LogP contribution in [0, 0.1) is 17.0 Å². The van der Waals surface area contributed by atoms with Crippen molar-refractivity contribution in [3.63, 3.8) is 0 Å². The largest absolute Gasteiger partial charge is 0.288 e. The van der Waals surface area contributed by atoms with Crippen molar-refractivity contribution in [2.45, 2.75) is 6.92 Å². The number of carbonyl (C=O) groups excluding carboxylic acids is 1. The quantitative estimate of drug-likeness (QED) is 0.367. The van der Waals surface area contributed by atoms with Crippen LogP contribution in [0.25, 0.3) is 0 Å². The summed E-state index contributed by atoms with van der Waals surface area (Å²) in [6, 6.07) is 9.01. The fourth-order valence-electron chi connectivity index (χ4n) is 1.74. The lowest BCUT2D eigenvalue weighted by atomic mass is 10.0. The number of aliphatic imine (C=N–C) groups is 1. The lowest BCUT2D eigenvalue weighted by Gasteiger charge is -2.03. The number of carbonyl (C=O) groups is 1. The number of benzene rings is 1. The van der Waals surface area contributed by atoms with Crippen LogP contribution in [0.2, 0.25) is 0 Å². The second-order valence-electron chi connectivity index (χ2n) is 4.11. The maximum absolute atomic E-state index is 12.4. The van der Waals surface area contributed by atoms with Crippen LogP contribution in [0.4, 0.5) is 5.00 Å². The number of thiophene rings is 1. The molecule has 5 nitrogen and oxygen atoms in total. The van der Waals surface area contributed by atoms with Crippen LogP contribution >= 0.6 is 11.3 Å². The predicted molar refractivity (Wildman–Crippen MR) is 78.9 cm³/mol. The van der Waals surface area contributed by atoms with E-state index in [2.05, 4.69) is 4.99 Å². The first kappa shape index (κ1) is 14.1. The number of ketones is 1. The molecule has 0 spiro atoms. The van der Waals surface area contributed by atoms with Crippen LogP contribution in [-0.2, 0) is 0 Å². The Labute approximate surface area is 119 Å². The van der Waals surface area contributed by atoms with E-state index in [1.807, 2.05) is 25.1 Å². The normalized spacial score (nSPS) is 10.8. The minimum absolute atomic E-state index is 0.113. The summed E-state index contributed by atoms with van der Waals surface area (Å²) in [4.78, 5) is 26.2. The molecule has 1 aromatic carbocycles. The van der Waals surface area contributed by atoms with E-state index in [-0.39, 0.29) is 12.3 Å². The minimum Gasteiger partial charge on any atom is -0.288 e. The third-order valence-corrected chi connectivity index (χ3v) is 3.54. The van der Waals surface area contributed by atoms with Crippen LogP contribution in [0.5, 0.6) is 0 Å². The molecule has 0 atom stereocenters. The third-order valence-electron chi connectivity index (χ3n) is 2.72. The second kappa shape index (κ2) is 6.21. The third kappa shape index (κ3) is 3.16. The van der Waals surface area contributed by atoms with Gasteiger partial charge in [0.1, 0.15) is 5.00 Å². The molecule has 0 aliphatic heterocycles. The number of rotatable bonds is 5. The summed E-state index contributed by atoms with van der Waals surface area (Å²) in [5, 5.41) is 12.5. The van der Waals surface area contributed by atoms with Gasteiger partial charge >= 0.3 is 0 Å². The number of aryl methyl sites for hydroxylation is 1. The van der Waals surface area contributed by atoms with E-state index < -0.39 is 4.92 Å². The van der Waals surface area contributed by atoms with Crippen LogP contribution in [0.3, 0.4) is 0 Å². The monoisotopic (exact) mass is 288 g/mol. The second-order valence-corrected chi connectivity index (χ2v) is 5.01. The number of nitro groups is 1. The summed E-state index contributed by atoms with van der Waals surface area (Å²) in [6.07, 6.45) is 1.21. The molecule has 0 unspecified atom stereocenters. The Morgan fingerprint density at radius 1 is 1.35 bits per heavy atom. The summed E-state index contributed by atoms with van der Waals surface area (Å²) < 4.78 is 0. The Hall–Kier alpha value is -2.34. The Kier molecular flexibility index (Phi) is 4.37. The average Bonchev–Trinajstić information content (AvgIpc) is 2.86. The van der Waals surface area contributed by atoms with E-state index in [9.17, 15) is 14.9 Å². The van der Waals surface area contributed by atoms with Gasteiger partial charge in [-0.3, -0.25) is 14.9 Å². The first-order valence-corrected chi connectivity index (χ1v) is 6.79. The van der Waals surface area contributed by atoms with Crippen molar-refractivity contribution in [2.75, 3.05) is 6.54 Å². The lowest BCUT2D eigenvalue weighted by Crippen LogP contribution is -2.03. The zero-order chi connectivity index (χ0) is 14.5. The van der Waals surface area contributed by atoms with Crippen molar-refractivity contribution in [3.8, 4) is 0 Å². The van der Waals surface area contributed by atoms with Crippen molar-refractivity contribution in [2.24, 2.45) is 4.99 Å². The molecule has 0 radical (unpaired) electrons. The Bertz CT molecular complexity index is 677. The van der Waals surface area contributed by atoms with Gasteiger partial charge in [-0.25, -0.2) is 4.99 Å². The molecule has 0 saturated carbocycles. The molecule has 20 heavy (non-hydrogen) atoms. The van der Waals surface area contributed by atoms with Gasteiger partial charge in [0.2, 0.25) is 6.54 Å². The van der Waals surface area contributed by atoms with Gasteiger partial charge in [-0.15, -0.1) is 11.3 Å². The van der Waals surface area contributed by atoms with Crippen molar-refractivity contribution in [3.05, 3.63) is 62.5 Å². The SMILES string of the molecule is Cc1ccccc1C(=O)c1ccsc1N=CC[N+](=O)[O-]. The maximum atomic E-state index is 12.4. The summed E-state index contributed by atoms with van der Waals surface area (Å²) in [5.74, 6) is -0.113. The molecular formula is C14H12N2O3S. The van der Waals surface area contributed by atoms with Gasteiger partial charge in [0, 0.05) is 10.5 Å². The van der Waals surface area contributed by atoms with Gasteiger partial charge in [-0.2, -0.15) is 0 Å². The molecule has 1 heterocycles. The van der Waals surface area contributed by atoms with Gasteiger partial charge < -0.3 is 0 Å². The van der Waals surface area contributed by atoms with Crippen LogP contribution in [0.1, 0.15) is 21.5 Å². The summed E-state index contributed by atoms with van der Waals surface area (Å²) in [7, 11) is 0. The molecule has 0 aliphatic carbocycles. The molecule has 0 N–H and O–H groups in total. The highest BCUT2D eigenvalue weighted by Crippen LogP contribution is 2.29. The molecule has 0 fully saturated rings. The molecule has 0 saturated heterocycles. The minimum atomic E-state index is -0.472. The first-order chi connectivity index (χ1) is 9.59. The molecule has 2 aromatic rings. The highest BCUT2D eigenvalue weighted by atomic mass is 32.1. The van der Waals surface area contributed by atoms with Gasteiger partial charge in [0.25, 0.3) is 0 Å². The maximum Gasteiger partial charge on any atom is 0.238 e. The summed E-state index contributed by atoms with van der Waals surface area (Å²) in [6.45, 7) is 1.52. The Balaban J connectivity index is 2.28. The van der Waals surface area contributed by atoms with E-state index >= 15 is 0 Å².